The van der Waals surface area contributed by atoms with Gasteiger partial charge in [0.25, 0.3) is 11.8 Å². The molecule has 0 saturated carbocycles. The zero-order valence-corrected chi connectivity index (χ0v) is 120. The van der Waals surface area contributed by atoms with Gasteiger partial charge in [-0.05, 0) is 12.8 Å². The van der Waals surface area contributed by atoms with E-state index in [-0.39, 0.29) is 524 Å². The van der Waals surface area contributed by atoms with Gasteiger partial charge in [0, 0.05) is 13.1 Å². The van der Waals surface area contributed by atoms with Crippen LogP contribution in [0.5, 0.6) is 0 Å². The van der Waals surface area contributed by atoms with E-state index in [1.165, 1.54) is 0 Å². The molecule has 0 bridgehead atoms. The van der Waals surface area contributed by atoms with Gasteiger partial charge in [-0.25, -0.2) is 135 Å². The number of unbranched alkanes of at least 4 members (excludes halogenated alkanes) is 9. The molecule has 0 radical (unpaired) electrons. The van der Waals surface area contributed by atoms with Gasteiger partial charge in [-0.3, -0.25) is 76.5 Å². The Hall–Kier alpha value is 12.7. The van der Waals surface area contributed by atoms with Gasteiger partial charge >= 0.3 is 473 Å². The van der Waals surface area contributed by atoms with E-state index in [1.807, 2.05) is 0 Å². The van der Waals surface area contributed by atoms with Crippen LogP contribution < -0.4 is 484 Å². The fraction of sp³-hybridized carbons (Fsp3) is 0.944. The summed E-state index contributed by atoms with van der Waals surface area (Å²) >= 11 is 0. The zero-order valence-electron chi connectivity index (χ0n) is 74.8. The maximum atomic E-state index is 13.8. The van der Waals surface area contributed by atoms with Crippen molar-refractivity contribution < 1.29 is 776 Å². The second kappa shape index (κ2) is 80.6. The van der Waals surface area contributed by atoms with Crippen molar-refractivity contribution in [3.63, 3.8) is 0 Å². The fourth-order valence-electron chi connectivity index (χ4n) is 9.90. The van der Waals surface area contributed by atoms with Crippen molar-refractivity contribution in [2.24, 2.45) is 0 Å². The molecule has 2 saturated heterocycles. The van der Waals surface area contributed by atoms with Crippen LogP contribution in [0.4, 0.5) is 0 Å². The molecule has 18 atom stereocenters. The first kappa shape index (κ1) is 185. The van der Waals surface area contributed by atoms with Crippen molar-refractivity contribution in [3.05, 3.63) is 0 Å². The molecule has 140 heavy (non-hydrogen) atoms. The summed E-state index contributed by atoms with van der Waals surface area (Å²) in [6.45, 7) is -11.9. The summed E-state index contributed by atoms with van der Waals surface area (Å²) in [7, 11) is -107. The molecule has 2 fully saturated rings. The molecule has 2 aliphatic heterocycles. The third-order valence-corrected chi connectivity index (χ3v) is 20.9. The Bertz CT molecular complexity index is 5280. The molecule has 2 rings (SSSR count). The molecule has 0 aliphatic carbocycles. The van der Waals surface area contributed by atoms with Gasteiger partial charge in [-0.15, -0.1) is 0 Å². The summed E-state index contributed by atoms with van der Waals surface area (Å²) in [5, 5.41) is 3.30. The molecule has 2 heterocycles. The van der Waals surface area contributed by atoms with Crippen molar-refractivity contribution in [2.75, 3.05) is 39.5 Å². The van der Waals surface area contributed by atoms with E-state index in [0.717, 1.165) is 0 Å². The van der Waals surface area contributed by atoms with Crippen LogP contribution in [0, 0.1) is 0 Å². The topological polar surface area (TPSA) is 1160 Å². The van der Waals surface area contributed by atoms with Crippen LogP contribution in [0.3, 0.4) is 0 Å². The SMILES string of the molecule is O=C(NCCCCCCCCCCCCNC(=O)[C@H](OS(=O)(=O)[O-])[C@H](OS(=O)(=O)[O-])[C@@H](O[C@H]1O[C@@H](COS(=O)(=O)[O-])[C@H](OS(=O)(=O)[O-])[C@@H](OS(=O)(=O)[O-])[C@@H]1OS(=O)(=O)[O-])[C@H](COS(=O)(=O)[O-])OS(=O)(=O)[O-])[C@@H](OS(=O)(=O)[O-])[C@H](OS(=O)(=O)[O-])[C@@H](O[C@H]1O[C@@H](COS(=O)(=O)[O-])[C@H](OS(=O)(=O)[O-])[C@@H](OS(=O)(=O)[O-])[C@@H]1OS(=O)(=O)[O-])[C@H](COS(=O)(=O)[O-])OS(=O)(=O)[O-].[Na+].[Na+].[Na+].[Na+].[Na+].[Na+].[Na+].[Na+].[Na+].[Na+].[Na+].[Na+].[Na+].[Na+].[Na+].[Na+]. The molecular weight excluding hydrogens is 2460 g/mol. The van der Waals surface area contributed by atoms with E-state index in [4.69, 9.17) is 18.9 Å². The normalized spacial score (nSPS) is 20.7. The Balaban J connectivity index is -0.000000751. The monoisotopic (exact) mass is 2510 g/mol. The summed E-state index contributed by atoms with van der Waals surface area (Å²) in [5.74, 6) is -4.83. The van der Waals surface area contributed by atoms with Crippen molar-refractivity contribution in [1.29, 1.82) is 0 Å². The van der Waals surface area contributed by atoms with Gasteiger partial charge in [0.05, 0.1) is 26.4 Å². The number of carbonyl (C=O) groups excluding carboxylic acids is 2. The molecule has 104 heteroatoms. The average molecular weight is 2510 g/mol. The van der Waals surface area contributed by atoms with E-state index >= 15 is 0 Å². The Morgan fingerprint density at radius 2 is 0.421 bits per heavy atom. The minimum absolute atomic E-state index is 0. The van der Waals surface area contributed by atoms with E-state index in [0.29, 0.717) is 0 Å². The number of nitrogens with one attached hydrogen (secondary N) is 2. The first-order valence-corrected chi connectivity index (χ1v) is 51.9. The third kappa shape index (κ3) is 90.0. The molecule has 0 spiro atoms. The Kier molecular flexibility index (Phi) is 107. The number of amides is 2. The van der Waals surface area contributed by atoms with Crippen molar-refractivity contribution >= 4 is 178 Å². The zero-order chi connectivity index (χ0) is 96.4. The molecule has 2 N–H and O–H groups in total. The van der Waals surface area contributed by atoms with Gasteiger partial charge in [0.15, 0.2) is 37.0 Å². The van der Waals surface area contributed by atoms with Gasteiger partial charge in [0.2, 0.25) is 166 Å². The maximum Gasteiger partial charge on any atom is 1.00 e. The van der Waals surface area contributed by atoms with Crippen LogP contribution in [-0.4, -0.2) is 369 Å². The van der Waals surface area contributed by atoms with Crippen molar-refractivity contribution in [2.45, 2.75) is 174 Å². The molecule has 0 unspecified atom stereocenters. The number of hydrogen-bond donors (Lipinski definition) is 2. The molecular formula is C36H52N2Na16O70S16. The number of carbonyl (C=O) groups is 2. The van der Waals surface area contributed by atoms with Crippen LogP contribution in [0.25, 0.3) is 0 Å². The predicted octanol–water partition coefficient (Wildman–Crippen LogP) is -64.5. The van der Waals surface area contributed by atoms with Gasteiger partial charge < -0.3 is 102 Å². The summed E-state index contributed by atoms with van der Waals surface area (Å²) in [4.78, 5) is 27.7. The summed E-state index contributed by atoms with van der Waals surface area (Å²) in [6.07, 6.45) is -70.7. The molecule has 0 aromatic rings. The summed E-state index contributed by atoms with van der Waals surface area (Å²) in [6, 6.07) is 0. The Morgan fingerprint density at radius 3 is 0.614 bits per heavy atom. The second-order valence-electron chi connectivity index (χ2n) is 22.9. The maximum absolute atomic E-state index is 13.8. The molecule has 0 aromatic carbocycles. The minimum atomic E-state index is -7.00. The van der Waals surface area contributed by atoms with E-state index in [1.54, 1.807) is 10.6 Å². The molecule has 2 aliphatic rings. The summed E-state index contributed by atoms with van der Waals surface area (Å²) in [5.41, 5.74) is 0. The third-order valence-electron chi connectivity index (χ3n) is 13.7. The largest absolute Gasteiger partial charge is 1.00 e. The van der Waals surface area contributed by atoms with Gasteiger partial charge in [0.1, 0.15) is 73.2 Å². The molecule has 0 aromatic heterocycles. The smallest absolute Gasteiger partial charge is 0.726 e. The molecule has 738 valence electrons. The van der Waals surface area contributed by atoms with Crippen LogP contribution in [0.1, 0.15) is 64.2 Å². The van der Waals surface area contributed by atoms with E-state index in [9.17, 15) is 217 Å². The van der Waals surface area contributed by atoms with Crippen molar-refractivity contribution in [3.8, 4) is 0 Å². The van der Waals surface area contributed by atoms with Crippen LogP contribution in [0.15, 0.2) is 0 Å². The number of rotatable bonds is 61. The Labute approximate surface area is 1160 Å². The first-order valence-electron chi connectivity index (χ1n) is 30.5. The quantitative estimate of drug-likeness (QED) is 0.0247. The predicted molar refractivity (Wildman–Crippen MR) is 337 cm³/mol. The molecule has 2 amide bonds. The van der Waals surface area contributed by atoms with E-state index in [2.05, 4.69) is 66.9 Å². The van der Waals surface area contributed by atoms with Crippen LogP contribution in [-0.2, 0) is 262 Å². The Morgan fingerprint density at radius 1 is 0.229 bits per heavy atom. The van der Waals surface area contributed by atoms with E-state index < -0.39 is 341 Å². The summed E-state index contributed by atoms with van der Waals surface area (Å²) < 4.78 is 655. The van der Waals surface area contributed by atoms with Crippen LogP contribution >= 0.6 is 0 Å². The van der Waals surface area contributed by atoms with Crippen LogP contribution in [0.2, 0.25) is 0 Å². The molecule has 72 nitrogen and oxygen atoms in total. The van der Waals surface area contributed by atoms with Gasteiger partial charge in [-0.1, -0.05) is 51.4 Å². The minimum Gasteiger partial charge on any atom is -0.726 e. The average Bonchev–Trinajstić information content (AvgIpc) is 0.761. The van der Waals surface area contributed by atoms with Crippen molar-refractivity contribution in [1.82, 2.24) is 10.6 Å². The first-order chi connectivity index (χ1) is 55.3. The fourth-order valence-corrected chi connectivity index (χ4v) is 16.8. The van der Waals surface area contributed by atoms with Gasteiger partial charge in [-0.2, -0.15) is 0 Å². The number of hydrogen-bond acceptors (Lipinski definition) is 70. The number of ether oxygens (including phenoxy) is 4. The second-order valence-corrected chi connectivity index (χ2v) is 39.2. The standard InChI is InChI=1S/C36H68N2O70S16.16Na/c39-33(29(105-121(77,78)79)25(101-117(65,66)67)21(19(97-113(53,54)55)15-91-111(47,48)49)95-35-31(107-123(83,84)85)27(103-119(71,72)73)23(99-115(59,60)61)17(93-35)13-89-109(41,42)43)37-11-9-7-5-3-1-2-4-6-8-10-12-38-34(40)30(106-122(80,81)82)26(102-118(68,69)70)22(20(98-114(56,57)58)16-92-112(50,51)52)96-36-32(108-124(86,87)88)28(104-120(74,75)76)24(100-116(62,63)64)18(94-36)14-90-110(44,45)46;;;;;;;;;;;;;;;;/h17-32,35-36H,1-16H2,(H,37,39)(H,38,40)(H,41,42,43)(H,44,45,46)(H,47,48,49)(H,50,51,52)(H,53,54,55)(H,56,57,58)(H,59,60,61)(H,62,63,64)(H,65,66,67)(H,68,69,70)(H,71,72,73)(H,74,75,76)(H,77,78,79)(H,80,81,82)(H,83,84,85)(H,86,87,88);;;;;;;;;;;;;;;;/q;16*+1/p-16/t17-,18-,19-,20-,21-,22-,23-,24-,25+,26+,27+,28+,29-,30+,31-,32-,35+,36+;;;;;;;;;;;;;;;;/m0................/s1.